The summed E-state index contributed by atoms with van der Waals surface area (Å²) < 4.78 is 1.66. The largest absolute Gasteiger partial charge is 0.345 e. The summed E-state index contributed by atoms with van der Waals surface area (Å²) in [5, 5.41) is 11.2. The summed E-state index contributed by atoms with van der Waals surface area (Å²) in [6, 6.07) is 17.1. The Labute approximate surface area is 162 Å². The summed E-state index contributed by atoms with van der Waals surface area (Å²) in [5.74, 6) is -0.317. The van der Waals surface area contributed by atoms with Crippen molar-refractivity contribution in [3.05, 3.63) is 90.1 Å². The van der Waals surface area contributed by atoms with Crippen LogP contribution in [0.5, 0.6) is 0 Å². The van der Waals surface area contributed by atoms with Crippen molar-refractivity contribution in [3.63, 3.8) is 0 Å². The average molecular weight is 370 g/mol. The lowest BCUT2D eigenvalue weighted by atomic mass is 10.1. The van der Waals surface area contributed by atoms with Crippen LogP contribution < -0.4 is 5.32 Å². The highest BCUT2D eigenvalue weighted by atomic mass is 16.2. The van der Waals surface area contributed by atoms with Crippen molar-refractivity contribution < 1.29 is 4.79 Å². The van der Waals surface area contributed by atoms with E-state index in [0.717, 1.165) is 22.5 Å². The minimum absolute atomic E-state index is 0.240. The molecule has 1 N–H and O–H groups in total. The summed E-state index contributed by atoms with van der Waals surface area (Å²) in [7, 11) is 0. The van der Waals surface area contributed by atoms with Gasteiger partial charge in [-0.15, -0.1) is 5.10 Å². The Morgan fingerprint density at radius 2 is 1.89 bits per heavy atom. The van der Waals surface area contributed by atoms with Crippen LogP contribution in [0.25, 0.3) is 16.9 Å². The van der Waals surface area contributed by atoms with Crippen LogP contribution in [-0.2, 0) is 6.54 Å². The molecule has 0 unspecified atom stereocenters. The molecule has 1 amide bonds. The molecule has 1 aromatic carbocycles. The number of aromatic nitrogens is 5. The molecule has 0 saturated heterocycles. The molecule has 138 valence electrons. The van der Waals surface area contributed by atoms with Gasteiger partial charge in [-0.3, -0.25) is 14.8 Å². The number of hydrogen-bond acceptors (Lipinski definition) is 5. The van der Waals surface area contributed by atoms with Crippen molar-refractivity contribution >= 4 is 5.91 Å². The molecule has 0 aliphatic rings. The Morgan fingerprint density at radius 3 is 2.61 bits per heavy atom. The molecular weight excluding hydrogens is 352 g/mol. The number of nitrogens with one attached hydrogen (secondary N) is 1. The van der Waals surface area contributed by atoms with Gasteiger partial charge in [0.25, 0.3) is 5.91 Å². The highest BCUT2D eigenvalue weighted by molar-refractivity contribution is 5.98. The molecule has 0 atom stereocenters. The fraction of sp³-hybridized carbons (Fsp3) is 0.0952. The third-order valence-electron chi connectivity index (χ3n) is 4.26. The molecule has 0 bridgehead atoms. The van der Waals surface area contributed by atoms with Crippen LogP contribution >= 0.6 is 0 Å². The molecule has 0 aliphatic carbocycles. The standard InChI is InChI=1S/C21H18N6O/c1-15-7-9-18(10-8-15)27-20(16-5-4-11-22-13-16)19(25-26-27)21(28)24-14-17-6-2-3-12-23-17/h2-13H,14H2,1H3,(H,24,28). The molecule has 3 heterocycles. The Kier molecular flexibility index (Phi) is 4.88. The van der Waals surface area contributed by atoms with E-state index in [0.29, 0.717) is 12.2 Å². The topological polar surface area (TPSA) is 85.6 Å². The van der Waals surface area contributed by atoms with Gasteiger partial charge >= 0.3 is 0 Å². The van der Waals surface area contributed by atoms with Gasteiger partial charge in [0, 0.05) is 24.2 Å². The summed E-state index contributed by atoms with van der Waals surface area (Å²) in [6.45, 7) is 2.33. The number of amides is 1. The van der Waals surface area contributed by atoms with E-state index in [2.05, 4.69) is 25.6 Å². The van der Waals surface area contributed by atoms with Gasteiger partial charge in [0.15, 0.2) is 5.69 Å². The van der Waals surface area contributed by atoms with E-state index in [1.54, 1.807) is 23.3 Å². The van der Waals surface area contributed by atoms with Gasteiger partial charge in [-0.25, -0.2) is 4.68 Å². The predicted molar refractivity (Wildman–Crippen MR) is 105 cm³/mol. The monoisotopic (exact) mass is 370 g/mol. The second-order valence-electron chi connectivity index (χ2n) is 6.28. The summed E-state index contributed by atoms with van der Waals surface area (Å²) in [6.07, 6.45) is 5.07. The molecule has 3 aromatic heterocycles. The van der Waals surface area contributed by atoms with Crippen molar-refractivity contribution in [1.29, 1.82) is 0 Å². The van der Waals surface area contributed by atoms with Gasteiger partial charge in [0.2, 0.25) is 0 Å². The Hall–Kier alpha value is -3.87. The molecule has 7 nitrogen and oxygen atoms in total. The van der Waals surface area contributed by atoms with Gasteiger partial charge in [-0.1, -0.05) is 29.0 Å². The molecular formula is C21H18N6O. The SMILES string of the molecule is Cc1ccc(-n2nnc(C(=O)NCc3ccccn3)c2-c2cccnc2)cc1. The van der Waals surface area contributed by atoms with E-state index in [1.165, 1.54) is 0 Å². The zero-order valence-electron chi connectivity index (χ0n) is 15.3. The molecule has 0 aliphatic heterocycles. The fourth-order valence-electron chi connectivity index (χ4n) is 2.82. The van der Waals surface area contributed by atoms with Crippen LogP contribution in [0.4, 0.5) is 0 Å². The smallest absolute Gasteiger partial charge is 0.274 e. The van der Waals surface area contributed by atoms with Gasteiger partial charge in [-0.2, -0.15) is 0 Å². The highest BCUT2D eigenvalue weighted by Crippen LogP contribution is 2.24. The molecule has 0 radical (unpaired) electrons. The van der Waals surface area contributed by atoms with E-state index in [-0.39, 0.29) is 11.6 Å². The minimum Gasteiger partial charge on any atom is -0.345 e. The normalized spacial score (nSPS) is 10.6. The van der Waals surface area contributed by atoms with E-state index in [1.807, 2.05) is 61.5 Å². The zero-order valence-corrected chi connectivity index (χ0v) is 15.3. The first-order chi connectivity index (χ1) is 13.7. The quantitative estimate of drug-likeness (QED) is 0.584. The predicted octanol–water partition coefficient (Wildman–Crippen LogP) is 2.96. The number of hydrogen-bond donors (Lipinski definition) is 1. The number of benzene rings is 1. The van der Waals surface area contributed by atoms with Crippen molar-refractivity contribution in [2.24, 2.45) is 0 Å². The molecule has 4 rings (SSSR count). The number of pyridine rings is 2. The van der Waals surface area contributed by atoms with E-state index in [9.17, 15) is 4.79 Å². The average Bonchev–Trinajstić information content (AvgIpc) is 3.19. The first kappa shape index (κ1) is 17.5. The van der Waals surface area contributed by atoms with Crippen molar-refractivity contribution in [1.82, 2.24) is 30.3 Å². The van der Waals surface area contributed by atoms with Crippen LogP contribution in [0.3, 0.4) is 0 Å². The lowest BCUT2D eigenvalue weighted by Gasteiger charge is -2.09. The van der Waals surface area contributed by atoms with Gasteiger partial charge in [-0.05, 0) is 43.3 Å². The summed E-state index contributed by atoms with van der Waals surface area (Å²) in [5.41, 5.74) is 4.32. The number of carbonyl (C=O) groups is 1. The molecule has 0 spiro atoms. The molecule has 7 heteroatoms. The zero-order chi connectivity index (χ0) is 19.3. The lowest BCUT2D eigenvalue weighted by Crippen LogP contribution is -2.24. The maximum absolute atomic E-state index is 12.8. The van der Waals surface area contributed by atoms with E-state index in [4.69, 9.17) is 0 Å². The van der Waals surface area contributed by atoms with Crippen LogP contribution in [0, 0.1) is 6.92 Å². The van der Waals surface area contributed by atoms with Gasteiger partial charge in [0.1, 0.15) is 5.69 Å². The summed E-state index contributed by atoms with van der Waals surface area (Å²) in [4.78, 5) is 21.2. The first-order valence-corrected chi connectivity index (χ1v) is 8.83. The van der Waals surface area contributed by atoms with E-state index < -0.39 is 0 Å². The second-order valence-corrected chi connectivity index (χ2v) is 6.28. The number of carbonyl (C=O) groups excluding carboxylic acids is 1. The maximum Gasteiger partial charge on any atom is 0.274 e. The molecule has 28 heavy (non-hydrogen) atoms. The van der Waals surface area contributed by atoms with Crippen molar-refractivity contribution in [2.75, 3.05) is 0 Å². The number of aryl methyl sites for hydroxylation is 1. The minimum atomic E-state index is -0.317. The Bertz CT molecular complexity index is 1080. The Balaban J connectivity index is 1.71. The maximum atomic E-state index is 12.8. The summed E-state index contributed by atoms with van der Waals surface area (Å²) >= 11 is 0. The third kappa shape index (κ3) is 3.64. The number of rotatable bonds is 5. The molecule has 0 saturated carbocycles. The van der Waals surface area contributed by atoms with Crippen molar-refractivity contribution in [3.8, 4) is 16.9 Å². The fourth-order valence-corrected chi connectivity index (χ4v) is 2.82. The Morgan fingerprint density at radius 1 is 1.04 bits per heavy atom. The van der Waals surface area contributed by atoms with Crippen LogP contribution in [-0.4, -0.2) is 30.9 Å². The van der Waals surface area contributed by atoms with Crippen molar-refractivity contribution in [2.45, 2.75) is 13.5 Å². The number of nitrogens with zero attached hydrogens (tertiary/aromatic N) is 5. The van der Waals surface area contributed by atoms with Gasteiger partial charge < -0.3 is 5.32 Å². The van der Waals surface area contributed by atoms with Crippen LogP contribution in [0.2, 0.25) is 0 Å². The molecule has 4 aromatic rings. The van der Waals surface area contributed by atoms with Crippen LogP contribution in [0.1, 0.15) is 21.7 Å². The first-order valence-electron chi connectivity index (χ1n) is 8.83. The van der Waals surface area contributed by atoms with Gasteiger partial charge in [0.05, 0.1) is 17.9 Å². The third-order valence-corrected chi connectivity index (χ3v) is 4.26. The lowest BCUT2D eigenvalue weighted by molar-refractivity contribution is 0.0946. The van der Waals surface area contributed by atoms with Crippen LogP contribution in [0.15, 0.2) is 73.2 Å². The second kappa shape index (κ2) is 7.79. The highest BCUT2D eigenvalue weighted by Gasteiger charge is 2.22. The van der Waals surface area contributed by atoms with E-state index >= 15 is 0 Å². The molecule has 0 fully saturated rings.